The quantitative estimate of drug-likeness (QED) is 0.251. The Morgan fingerprint density at radius 1 is 1.00 bits per heavy atom. The SMILES string of the molecule is Cc1ccc2nc(N(/N=C/c3ccccc3)C(=O)c3ccc(S(=O)(=O)N4CCCCC4)cc3)sc2c1. The third-order valence-electron chi connectivity index (χ3n) is 6.08. The van der Waals surface area contributed by atoms with Gasteiger partial charge in [-0.2, -0.15) is 14.4 Å². The highest BCUT2D eigenvalue weighted by molar-refractivity contribution is 7.89. The Morgan fingerprint density at radius 2 is 1.72 bits per heavy atom. The lowest BCUT2D eigenvalue weighted by molar-refractivity contribution is 0.0987. The van der Waals surface area contributed by atoms with Crippen molar-refractivity contribution < 1.29 is 13.2 Å². The van der Waals surface area contributed by atoms with Gasteiger partial charge in [-0.25, -0.2) is 13.4 Å². The van der Waals surface area contributed by atoms with Crippen molar-refractivity contribution in [3.63, 3.8) is 0 Å². The molecule has 0 aliphatic carbocycles. The number of carbonyl (C=O) groups excluding carboxylic acids is 1. The molecule has 4 aromatic rings. The molecule has 0 spiro atoms. The molecule has 0 bridgehead atoms. The predicted molar refractivity (Wildman–Crippen MR) is 144 cm³/mol. The first-order valence-corrected chi connectivity index (χ1v) is 14.1. The minimum atomic E-state index is -3.58. The van der Waals surface area contributed by atoms with E-state index in [1.165, 1.54) is 32.8 Å². The second-order valence-corrected chi connectivity index (χ2v) is 11.7. The molecule has 0 N–H and O–H groups in total. The smallest absolute Gasteiger partial charge is 0.267 e. The summed E-state index contributed by atoms with van der Waals surface area (Å²) >= 11 is 1.38. The van der Waals surface area contributed by atoms with E-state index in [9.17, 15) is 13.2 Å². The number of aromatic nitrogens is 1. The number of carbonyl (C=O) groups is 1. The molecule has 1 aliphatic rings. The van der Waals surface area contributed by atoms with Crippen LogP contribution in [-0.2, 0) is 10.0 Å². The van der Waals surface area contributed by atoms with Crippen LogP contribution in [0.15, 0.2) is 82.8 Å². The minimum absolute atomic E-state index is 0.191. The second kappa shape index (κ2) is 10.3. The van der Waals surface area contributed by atoms with E-state index in [4.69, 9.17) is 0 Å². The molecule has 7 nitrogen and oxygen atoms in total. The molecule has 1 saturated heterocycles. The Hall–Kier alpha value is -3.40. The second-order valence-electron chi connectivity index (χ2n) is 8.73. The third kappa shape index (κ3) is 5.09. The zero-order valence-corrected chi connectivity index (χ0v) is 21.5. The molecule has 0 unspecified atom stereocenters. The topological polar surface area (TPSA) is 82.9 Å². The summed E-state index contributed by atoms with van der Waals surface area (Å²) in [5.41, 5.74) is 3.06. The summed E-state index contributed by atoms with van der Waals surface area (Å²) in [6.45, 7) is 3.07. The van der Waals surface area contributed by atoms with Crippen LogP contribution in [0.2, 0.25) is 0 Å². The van der Waals surface area contributed by atoms with Gasteiger partial charge in [0.25, 0.3) is 5.91 Å². The molecule has 3 aromatic carbocycles. The Bertz CT molecular complexity index is 1510. The summed E-state index contributed by atoms with van der Waals surface area (Å²) in [5.74, 6) is -0.389. The first-order valence-electron chi connectivity index (χ1n) is 11.8. The molecule has 5 rings (SSSR count). The maximum atomic E-state index is 13.6. The largest absolute Gasteiger partial charge is 0.280 e. The lowest BCUT2D eigenvalue weighted by Gasteiger charge is -2.25. The Labute approximate surface area is 214 Å². The molecule has 184 valence electrons. The van der Waals surface area contributed by atoms with Crippen LogP contribution in [0.1, 0.15) is 40.7 Å². The first kappa shape index (κ1) is 24.3. The average Bonchev–Trinajstić information content (AvgIpc) is 3.32. The van der Waals surface area contributed by atoms with Gasteiger partial charge in [0, 0.05) is 18.7 Å². The van der Waals surface area contributed by atoms with Crippen LogP contribution in [0.25, 0.3) is 10.2 Å². The highest BCUT2D eigenvalue weighted by atomic mass is 32.2. The van der Waals surface area contributed by atoms with Gasteiger partial charge in [-0.05, 0) is 67.3 Å². The van der Waals surface area contributed by atoms with Gasteiger partial charge in [0.2, 0.25) is 15.2 Å². The standard InChI is InChI=1S/C27H26N4O3S2/c1-20-10-15-24-25(18-20)35-27(29-24)31(28-19-21-8-4-2-5-9-21)26(32)22-11-13-23(14-12-22)36(33,34)30-16-6-3-7-17-30/h2,4-5,8-15,18-19H,3,6-7,16-17H2,1H3/b28-19+. The Kier molecular flexibility index (Phi) is 6.95. The summed E-state index contributed by atoms with van der Waals surface area (Å²) in [5, 5.41) is 6.20. The number of hydrogen-bond acceptors (Lipinski definition) is 6. The van der Waals surface area contributed by atoms with E-state index in [1.54, 1.807) is 18.3 Å². The summed E-state index contributed by atoms with van der Waals surface area (Å²) in [6.07, 6.45) is 4.40. The Balaban J connectivity index is 1.47. The first-order chi connectivity index (χ1) is 17.4. The molecule has 9 heteroatoms. The Morgan fingerprint density at radius 3 is 2.44 bits per heavy atom. The van der Waals surface area contributed by atoms with E-state index in [2.05, 4.69) is 10.1 Å². The monoisotopic (exact) mass is 518 g/mol. The number of piperidine rings is 1. The third-order valence-corrected chi connectivity index (χ3v) is 8.99. The number of anilines is 1. The number of benzene rings is 3. The molecule has 0 atom stereocenters. The maximum absolute atomic E-state index is 13.6. The highest BCUT2D eigenvalue weighted by Gasteiger charge is 2.27. The van der Waals surface area contributed by atoms with E-state index < -0.39 is 10.0 Å². The van der Waals surface area contributed by atoms with Gasteiger partial charge in [-0.1, -0.05) is 54.2 Å². The number of nitrogens with zero attached hydrogens (tertiary/aromatic N) is 4. The molecule has 36 heavy (non-hydrogen) atoms. The summed E-state index contributed by atoms with van der Waals surface area (Å²) in [4.78, 5) is 18.4. The van der Waals surface area contributed by atoms with Crippen LogP contribution in [0, 0.1) is 6.92 Å². The number of fused-ring (bicyclic) bond motifs is 1. The number of sulfonamides is 1. The number of hydrogen-bond donors (Lipinski definition) is 0. The van der Waals surface area contributed by atoms with E-state index >= 15 is 0 Å². The summed E-state index contributed by atoms with van der Waals surface area (Å²) in [6, 6.07) is 21.5. The lowest BCUT2D eigenvalue weighted by atomic mass is 10.2. The molecular weight excluding hydrogens is 492 g/mol. The maximum Gasteiger partial charge on any atom is 0.280 e. The van der Waals surface area contributed by atoms with Gasteiger partial charge < -0.3 is 0 Å². The zero-order chi connectivity index (χ0) is 25.1. The van der Waals surface area contributed by atoms with Crippen LogP contribution in [0.4, 0.5) is 5.13 Å². The van der Waals surface area contributed by atoms with Crippen molar-refractivity contribution in [2.24, 2.45) is 5.10 Å². The summed E-state index contributed by atoms with van der Waals surface area (Å²) < 4.78 is 28.5. The van der Waals surface area contributed by atoms with E-state index in [-0.39, 0.29) is 10.8 Å². The van der Waals surface area contributed by atoms with Crippen molar-refractivity contribution in [2.45, 2.75) is 31.1 Å². The van der Waals surface area contributed by atoms with E-state index in [0.717, 1.165) is 40.6 Å². The molecule has 0 saturated carbocycles. The fourth-order valence-electron chi connectivity index (χ4n) is 4.11. The summed E-state index contributed by atoms with van der Waals surface area (Å²) in [7, 11) is -3.58. The fourth-order valence-corrected chi connectivity index (χ4v) is 6.65. The number of aryl methyl sites for hydroxylation is 1. The van der Waals surface area contributed by atoms with Gasteiger partial charge in [0.05, 0.1) is 21.3 Å². The number of thiazole rings is 1. The van der Waals surface area contributed by atoms with Crippen LogP contribution in [-0.4, -0.2) is 42.9 Å². The van der Waals surface area contributed by atoms with Gasteiger partial charge >= 0.3 is 0 Å². The van der Waals surface area contributed by atoms with Gasteiger partial charge in [-0.15, -0.1) is 0 Å². The molecular formula is C27H26N4O3S2. The number of hydrazone groups is 1. The van der Waals surface area contributed by atoms with Gasteiger partial charge in [0.15, 0.2) is 0 Å². The van der Waals surface area contributed by atoms with Gasteiger partial charge in [-0.3, -0.25) is 4.79 Å². The van der Waals surface area contributed by atoms with Crippen molar-refractivity contribution in [2.75, 3.05) is 18.1 Å². The minimum Gasteiger partial charge on any atom is -0.267 e. The van der Waals surface area contributed by atoms with Crippen molar-refractivity contribution in [3.05, 3.63) is 89.5 Å². The molecule has 2 heterocycles. The van der Waals surface area contributed by atoms with E-state index in [1.807, 2.05) is 55.5 Å². The molecule has 1 aromatic heterocycles. The van der Waals surface area contributed by atoms with Crippen LogP contribution in [0.3, 0.4) is 0 Å². The van der Waals surface area contributed by atoms with Crippen LogP contribution < -0.4 is 5.01 Å². The van der Waals surface area contributed by atoms with E-state index in [0.29, 0.717) is 23.8 Å². The molecule has 1 amide bonds. The highest BCUT2D eigenvalue weighted by Crippen LogP contribution is 2.31. The average molecular weight is 519 g/mol. The predicted octanol–water partition coefficient (Wildman–Crippen LogP) is 5.46. The molecule has 0 radical (unpaired) electrons. The van der Waals surface area contributed by atoms with Crippen LogP contribution in [0.5, 0.6) is 0 Å². The van der Waals surface area contributed by atoms with Gasteiger partial charge in [0.1, 0.15) is 0 Å². The van der Waals surface area contributed by atoms with Crippen molar-refractivity contribution in [1.82, 2.24) is 9.29 Å². The normalized spacial score (nSPS) is 14.9. The molecule has 1 aliphatic heterocycles. The van der Waals surface area contributed by atoms with Crippen molar-refractivity contribution >= 4 is 48.8 Å². The fraction of sp³-hybridized carbons (Fsp3) is 0.222. The number of rotatable bonds is 6. The van der Waals surface area contributed by atoms with Crippen molar-refractivity contribution in [3.8, 4) is 0 Å². The lowest BCUT2D eigenvalue weighted by Crippen LogP contribution is -2.35. The number of amides is 1. The molecule has 1 fully saturated rings. The zero-order valence-electron chi connectivity index (χ0n) is 19.9. The van der Waals surface area contributed by atoms with Crippen LogP contribution >= 0.6 is 11.3 Å². The van der Waals surface area contributed by atoms with Crippen molar-refractivity contribution in [1.29, 1.82) is 0 Å².